The van der Waals surface area contributed by atoms with Crippen molar-refractivity contribution in [1.29, 1.82) is 0 Å². The van der Waals surface area contributed by atoms with Crippen LogP contribution in [0.3, 0.4) is 0 Å². The van der Waals surface area contributed by atoms with Crippen molar-refractivity contribution in [2.45, 2.75) is 17.1 Å². The molecular weight excluding hydrogens is 320 g/mol. The molecule has 2 aliphatic rings. The van der Waals surface area contributed by atoms with Crippen LogP contribution in [0.2, 0.25) is 0 Å². The van der Waals surface area contributed by atoms with Crippen molar-refractivity contribution in [3.8, 4) is 0 Å². The molecule has 3 heterocycles. The Morgan fingerprint density at radius 1 is 1.41 bits per heavy atom. The highest BCUT2D eigenvalue weighted by Crippen LogP contribution is 2.46. The second-order valence-corrected chi connectivity index (χ2v) is 9.78. The Hall–Kier alpha value is -0.470. The number of hydrogen-bond acceptors (Lipinski definition) is 5. The lowest BCUT2D eigenvalue weighted by molar-refractivity contribution is -0.00332. The van der Waals surface area contributed by atoms with E-state index in [1.54, 1.807) is 16.4 Å². The summed E-state index contributed by atoms with van der Waals surface area (Å²) in [4.78, 5) is 2.17. The largest absolute Gasteiger partial charge is 0.381 e. The smallest absolute Gasteiger partial charge is 0.252 e. The van der Waals surface area contributed by atoms with Crippen LogP contribution in [0.4, 0.5) is 0 Å². The van der Waals surface area contributed by atoms with Gasteiger partial charge in [-0.15, -0.1) is 11.3 Å². The summed E-state index contributed by atoms with van der Waals surface area (Å²) in [7, 11) is 0.771. The van der Waals surface area contributed by atoms with Gasteiger partial charge in [0.15, 0.2) is 0 Å². The highest BCUT2D eigenvalue weighted by Gasteiger charge is 2.50. The maximum Gasteiger partial charge on any atom is 0.252 e. The average molecular weight is 345 g/mol. The number of ether oxygens (including phenoxy) is 1. The Kier molecular flexibility index (Phi) is 4.62. The predicted octanol–water partition coefficient (Wildman–Crippen LogP) is 1.73. The summed E-state index contributed by atoms with van der Waals surface area (Å²) in [5.41, 5.74) is 0.0762. The van der Waals surface area contributed by atoms with Crippen LogP contribution >= 0.6 is 11.3 Å². The fourth-order valence-electron chi connectivity index (χ4n) is 3.74. The van der Waals surface area contributed by atoms with Crippen molar-refractivity contribution in [1.82, 2.24) is 9.21 Å². The fraction of sp³-hybridized carbons (Fsp3) is 0.733. The van der Waals surface area contributed by atoms with Crippen LogP contribution < -0.4 is 0 Å². The first-order chi connectivity index (χ1) is 10.4. The molecule has 1 unspecified atom stereocenters. The van der Waals surface area contributed by atoms with Crippen LogP contribution in [-0.2, 0) is 14.8 Å². The van der Waals surface area contributed by atoms with Gasteiger partial charge in [-0.3, -0.25) is 0 Å². The van der Waals surface area contributed by atoms with E-state index in [0.717, 1.165) is 32.6 Å². The molecular formula is C15H24N2O3S2. The monoisotopic (exact) mass is 344 g/mol. The minimum atomic E-state index is -3.35. The Labute approximate surface area is 136 Å². The second-order valence-electron chi connectivity index (χ2n) is 6.66. The molecule has 0 saturated carbocycles. The molecule has 0 aliphatic carbocycles. The molecule has 5 nitrogen and oxygen atoms in total. The van der Waals surface area contributed by atoms with Crippen LogP contribution in [0, 0.1) is 11.3 Å². The zero-order valence-corrected chi connectivity index (χ0v) is 14.8. The van der Waals surface area contributed by atoms with Crippen LogP contribution in [0.1, 0.15) is 12.8 Å². The Morgan fingerprint density at radius 2 is 2.14 bits per heavy atom. The summed E-state index contributed by atoms with van der Waals surface area (Å²) < 4.78 is 33.4. The van der Waals surface area contributed by atoms with Crippen LogP contribution in [0.15, 0.2) is 21.7 Å². The molecule has 0 radical (unpaired) electrons. The van der Waals surface area contributed by atoms with E-state index in [4.69, 9.17) is 4.74 Å². The van der Waals surface area contributed by atoms with Gasteiger partial charge < -0.3 is 9.64 Å². The standard InChI is InChI=1S/C15H24N2O3S2/c1-16(2)10-13-11-17(12-15(13)5-7-20-8-6-15)22(18,19)14-4-3-9-21-14/h3-4,9,13H,5-8,10-12H2,1-2H3. The van der Waals surface area contributed by atoms with Crippen molar-refractivity contribution in [2.75, 3.05) is 46.9 Å². The topological polar surface area (TPSA) is 49.9 Å². The third-order valence-corrected chi connectivity index (χ3v) is 8.13. The molecule has 0 aromatic carbocycles. The minimum absolute atomic E-state index is 0.0762. The van der Waals surface area contributed by atoms with Crippen molar-refractivity contribution < 1.29 is 13.2 Å². The number of sulfonamides is 1. The number of rotatable bonds is 4. The van der Waals surface area contributed by atoms with Gasteiger partial charge in [-0.25, -0.2) is 8.42 Å². The molecule has 22 heavy (non-hydrogen) atoms. The van der Waals surface area contributed by atoms with Gasteiger partial charge in [0, 0.05) is 32.8 Å². The highest BCUT2D eigenvalue weighted by atomic mass is 32.2. The van der Waals surface area contributed by atoms with Gasteiger partial charge in [-0.2, -0.15) is 4.31 Å². The van der Waals surface area contributed by atoms with Crippen LogP contribution in [0.25, 0.3) is 0 Å². The van der Waals surface area contributed by atoms with Gasteiger partial charge in [0.1, 0.15) is 4.21 Å². The molecule has 3 rings (SSSR count). The van der Waals surface area contributed by atoms with Gasteiger partial charge in [-0.1, -0.05) is 6.07 Å². The number of nitrogens with zero attached hydrogens (tertiary/aromatic N) is 2. The van der Waals surface area contributed by atoms with Gasteiger partial charge in [0.25, 0.3) is 10.0 Å². The Balaban J connectivity index is 1.86. The van der Waals surface area contributed by atoms with Gasteiger partial charge in [0.05, 0.1) is 0 Å². The third-order valence-electron chi connectivity index (χ3n) is 4.94. The fourth-order valence-corrected chi connectivity index (χ4v) is 6.47. The van der Waals surface area contributed by atoms with E-state index in [1.807, 2.05) is 5.38 Å². The average Bonchev–Trinajstić information content (AvgIpc) is 3.10. The molecule has 2 saturated heterocycles. The van der Waals surface area contributed by atoms with Crippen LogP contribution in [0.5, 0.6) is 0 Å². The quantitative estimate of drug-likeness (QED) is 0.835. The molecule has 1 aromatic heterocycles. The van der Waals surface area contributed by atoms with E-state index >= 15 is 0 Å². The molecule has 0 bridgehead atoms. The summed E-state index contributed by atoms with van der Waals surface area (Å²) in [6, 6.07) is 3.51. The van der Waals surface area contributed by atoms with Crippen molar-refractivity contribution in [3.63, 3.8) is 0 Å². The predicted molar refractivity (Wildman–Crippen MR) is 87.6 cm³/mol. The molecule has 2 aliphatic heterocycles. The van der Waals surface area contributed by atoms with E-state index in [-0.39, 0.29) is 5.41 Å². The molecule has 1 spiro atoms. The van der Waals surface area contributed by atoms with Crippen molar-refractivity contribution in [3.05, 3.63) is 17.5 Å². The summed E-state index contributed by atoms with van der Waals surface area (Å²) in [6.07, 6.45) is 1.92. The lowest BCUT2D eigenvalue weighted by atomic mass is 9.72. The first-order valence-corrected chi connectivity index (χ1v) is 10.0. The van der Waals surface area contributed by atoms with E-state index in [0.29, 0.717) is 23.2 Å². The molecule has 0 amide bonds. The molecule has 1 atom stereocenters. The molecule has 1 aromatic rings. The van der Waals surface area contributed by atoms with E-state index in [1.165, 1.54) is 11.3 Å². The van der Waals surface area contributed by atoms with Gasteiger partial charge in [-0.05, 0) is 49.7 Å². The first kappa shape index (κ1) is 16.4. The zero-order chi connectivity index (χ0) is 15.8. The summed E-state index contributed by atoms with van der Waals surface area (Å²) in [5.74, 6) is 0.376. The molecule has 0 N–H and O–H groups in total. The summed E-state index contributed by atoms with van der Waals surface area (Å²) in [5, 5.41) is 1.82. The Morgan fingerprint density at radius 3 is 2.73 bits per heavy atom. The third kappa shape index (κ3) is 2.97. The summed E-state index contributed by atoms with van der Waals surface area (Å²) in [6.45, 7) is 3.68. The van der Waals surface area contributed by atoms with E-state index < -0.39 is 10.0 Å². The molecule has 2 fully saturated rings. The SMILES string of the molecule is CN(C)CC1CN(S(=O)(=O)c2cccs2)CC12CCOCC2. The lowest BCUT2D eigenvalue weighted by Crippen LogP contribution is -2.40. The summed E-state index contributed by atoms with van der Waals surface area (Å²) >= 11 is 1.30. The van der Waals surface area contributed by atoms with Crippen molar-refractivity contribution in [2.24, 2.45) is 11.3 Å². The normalized spacial score (nSPS) is 26.0. The lowest BCUT2D eigenvalue weighted by Gasteiger charge is -2.39. The molecule has 124 valence electrons. The Bertz CT molecular complexity index is 592. The maximum absolute atomic E-state index is 12.8. The van der Waals surface area contributed by atoms with Crippen molar-refractivity contribution >= 4 is 21.4 Å². The van der Waals surface area contributed by atoms with E-state index in [2.05, 4.69) is 19.0 Å². The van der Waals surface area contributed by atoms with E-state index in [9.17, 15) is 8.42 Å². The zero-order valence-electron chi connectivity index (χ0n) is 13.2. The second kappa shape index (κ2) is 6.20. The first-order valence-electron chi connectivity index (χ1n) is 7.70. The van der Waals surface area contributed by atoms with Gasteiger partial charge in [0.2, 0.25) is 0 Å². The highest BCUT2D eigenvalue weighted by molar-refractivity contribution is 7.91. The minimum Gasteiger partial charge on any atom is -0.381 e. The number of thiophene rings is 1. The molecule has 7 heteroatoms. The van der Waals surface area contributed by atoms with Gasteiger partial charge >= 0.3 is 0 Å². The maximum atomic E-state index is 12.8. The number of hydrogen-bond donors (Lipinski definition) is 0. The van der Waals surface area contributed by atoms with Crippen LogP contribution in [-0.4, -0.2) is 64.6 Å².